The van der Waals surface area contributed by atoms with Gasteiger partial charge >= 0.3 is 5.97 Å². The molecule has 0 spiro atoms. The molecule has 0 amide bonds. The number of nitrogens with zero attached hydrogens (tertiary/aromatic N) is 4. The molecule has 6 aromatic rings. The number of rotatable bonds is 32. The highest BCUT2D eigenvalue weighted by atomic mass is 32.1. The third kappa shape index (κ3) is 13.9. The van der Waals surface area contributed by atoms with Crippen molar-refractivity contribution < 1.29 is 23.8 Å². The Morgan fingerprint density at radius 1 is 0.698 bits per heavy atom. The van der Waals surface area contributed by atoms with E-state index < -0.39 is 11.5 Å². The molecule has 4 aliphatic rings. The molecule has 1 N–H and O–H groups in total. The number of carboxylic acid groups (broad SMARTS) is 1. The maximum absolute atomic E-state index is 15.6. The van der Waals surface area contributed by atoms with E-state index in [4.69, 9.17) is 13.9 Å². The van der Waals surface area contributed by atoms with Gasteiger partial charge in [-0.3, -0.25) is 8.75 Å². The first kappa shape index (κ1) is 62.0. The van der Waals surface area contributed by atoms with Gasteiger partial charge in [0.2, 0.25) is 0 Å². The second kappa shape index (κ2) is 29.6. The lowest BCUT2D eigenvalue weighted by molar-refractivity contribution is -0.132. The zero-order chi connectivity index (χ0) is 60.1. The lowest BCUT2D eigenvalue weighted by Crippen LogP contribution is -2.26. The Kier molecular flexibility index (Phi) is 21.3. The molecule has 3 aliphatic heterocycles. The molecule has 0 saturated heterocycles. The Balaban J connectivity index is 0.975. The third-order valence-electron chi connectivity index (χ3n) is 18.1. The molecule has 2 aromatic heterocycles. The molecule has 5 heterocycles. The number of thiophene rings is 1. The fourth-order valence-electron chi connectivity index (χ4n) is 13.1. The summed E-state index contributed by atoms with van der Waals surface area (Å²) in [6.07, 6.45) is 22.9. The molecule has 10 nitrogen and oxygen atoms in total. The van der Waals surface area contributed by atoms with Crippen molar-refractivity contribution in [1.82, 2.24) is 8.52 Å². The van der Waals surface area contributed by atoms with Crippen molar-refractivity contribution in [3.8, 4) is 82.7 Å². The van der Waals surface area contributed by atoms with Gasteiger partial charge in [0.1, 0.15) is 34.7 Å². The van der Waals surface area contributed by atoms with Crippen molar-refractivity contribution in [3.05, 3.63) is 136 Å². The van der Waals surface area contributed by atoms with E-state index >= 15 is 4.79 Å². The molecule has 452 valence electrons. The van der Waals surface area contributed by atoms with Crippen LogP contribution < -0.4 is 19.9 Å². The van der Waals surface area contributed by atoms with Crippen molar-refractivity contribution in [3.63, 3.8) is 0 Å². The van der Waals surface area contributed by atoms with Crippen LogP contribution in [0, 0.1) is 23.2 Å². The van der Waals surface area contributed by atoms with E-state index in [1.165, 1.54) is 91.2 Å². The number of hydrogen-bond acceptors (Lipinski definition) is 9. The van der Waals surface area contributed by atoms with Crippen LogP contribution in [0.2, 0.25) is 0 Å². The Labute approximate surface area is 518 Å². The summed E-state index contributed by atoms with van der Waals surface area (Å²) in [6, 6.07) is 41.0. The minimum absolute atomic E-state index is 0.0743. The largest absolute Gasteiger partial charge is 0.493 e. The number of aliphatic carboxylic acids is 1. The van der Waals surface area contributed by atoms with Gasteiger partial charge in [-0.05, 0) is 133 Å². The number of furan rings is 1. The minimum Gasteiger partial charge on any atom is -0.493 e. The number of nitriles is 1. The van der Waals surface area contributed by atoms with Crippen LogP contribution in [0.3, 0.4) is 0 Å². The normalized spacial score (nSPS) is 15.5. The first-order valence-corrected chi connectivity index (χ1v) is 34.0. The van der Waals surface area contributed by atoms with Crippen molar-refractivity contribution in [2.45, 2.75) is 189 Å². The van der Waals surface area contributed by atoms with Gasteiger partial charge < -0.3 is 28.5 Å². The van der Waals surface area contributed by atoms with Gasteiger partial charge in [-0.15, -0.1) is 11.3 Å². The molecule has 1 aliphatic carbocycles. The van der Waals surface area contributed by atoms with Crippen LogP contribution in [-0.4, -0.2) is 38.9 Å². The smallest absolute Gasteiger partial charge is 0.346 e. The fraction of sp³-hybridized carbons (Fsp3) is 0.446. The molecule has 1 saturated carbocycles. The number of unbranched alkanes of at least 4 members (excludes halogenated alkanes) is 8. The average Bonchev–Trinajstić information content (AvgIpc) is 3.17. The number of ether oxygens (including phenoxy) is 2. The average molecular weight is 1190 g/mol. The predicted molar refractivity (Wildman–Crippen MR) is 357 cm³/mol. The maximum Gasteiger partial charge on any atom is 0.346 e. The summed E-state index contributed by atoms with van der Waals surface area (Å²) in [5.41, 5.74) is 11.7. The highest BCUT2D eigenvalue weighted by Gasteiger charge is 2.42. The topological polar surface area (TPSA) is 123 Å². The lowest BCUT2D eigenvalue weighted by atomic mass is 9.95. The van der Waals surface area contributed by atoms with Gasteiger partial charge in [-0.1, -0.05) is 179 Å². The van der Waals surface area contributed by atoms with Gasteiger partial charge in [0.15, 0.2) is 0 Å². The number of carboxylic acids is 1. The summed E-state index contributed by atoms with van der Waals surface area (Å²) in [7, 11) is 0. The summed E-state index contributed by atoms with van der Waals surface area (Å²) >= 11 is 3.55. The summed E-state index contributed by atoms with van der Waals surface area (Å²) in [4.78, 5) is 33.1. The quantitative estimate of drug-likeness (QED) is 0.0251. The van der Waals surface area contributed by atoms with Gasteiger partial charge in [0, 0.05) is 64.6 Å². The van der Waals surface area contributed by atoms with Crippen LogP contribution in [0.25, 0.3) is 71.2 Å². The first-order chi connectivity index (χ1) is 42.1. The molecule has 0 radical (unpaired) electrons. The highest BCUT2D eigenvalue weighted by molar-refractivity contribution is 7.19. The Morgan fingerprint density at radius 3 is 2.05 bits per heavy atom. The fourth-order valence-corrected chi connectivity index (χ4v) is 15.6. The van der Waals surface area contributed by atoms with Gasteiger partial charge in [0.25, 0.3) is 5.56 Å². The third-order valence-corrected chi connectivity index (χ3v) is 20.3. The summed E-state index contributed by atoms with van der Waals surface area (Å²) in [5, 5.41) is 18.8. The van der Waals surface area contributed by atoms with Gasteiger partial charge in [0.05, 0.1) is 39.9 Å². The molecule has 12 heteroatoms. The van der Waals surface area contributed by atoms with Crippen LogP contribution in [-0.2, 0) is 17.9 Å². The van der Waals surface area contributed by atoms with E-state index in [0.717, 1.165) is 138 Å². The molecule has 86 heavy (non-hydrogen) atoms. The first-order valence-electron chi connectivity index (χ1n) is 32.5. The standard InChI is InChI=1S/C74H88N4O6S2/c1-7-13-17-19-42-82-58-35-37-60(66(46-58)83-43-20-18-14-8-2)52-30-33-57(34-31-52)78-63-25-21-24-61(63)62-45-55(32-38-64(62)78)67-40-41-68(85-67)71-69-72(86-77(71)49-51(12-6)23-16-10-4)70(76(73(69)79)48-50(11-5)22-15-9-3)54-28-26-53(27-29-54)65-39-36-59(84-65)44-56(47-75)74(80)81/h26-41,44-46,50-51,61,63H,7-25,42-43,48-49H2,1-6H3,(H,80,81)/b56-44+. The number of anilines is 2. The highest BCUT2D eigenvalue weighted by Crippen LogP contribution is 2.54. The summed E-state index contributed by atoms with van der Waals surface area (Å²) in [5.74, 6) is 2.58. The van der Waals surface area contributed by atoms with E-state index in [-0.39, 0.29) is 11.3 Å². The van der Waals surface area contributed by atoms with Crippen LogP contribution in [0.15, 0.2) is 124 Å². The molecule has 4 unspecified atom stereocenters. The molecular weight excluding hydrogens is 1100 g/mol. The number of aromatic nitrogens is 2. The second-order valence-electron chi connectivity index (χ2n) is 24.0. The number of fused-ring (bicyclic) bond motifs is 4. The van der Waals surface area contributed by atoms with Crippen LogP contribution >= 0.6 is 22.9 Å². The van der Waals surface area contributed by atoms with E-state index in [9.17, 15) is 15.2 Å². The zero-order valence-corrected chi connectivity index (χ0v) is 53.3. The Bertz CT molecular complexity index is 3620. The van der Waals surface area contributed by atoms with E-state index in [0.29, 0.717) is 42.7 Å². The van der Waals surface area contributed by atoms with Crippen molar-refractivity contribution >= 4 is 46.3 Å². The predicted octanol–water partition coefficient (Wildman–Crippen LogP) is 20.9. The van der Waals surface area contributed by atoms with Crippen LogP contribution in [0.4, 0.5) is 11.4 Å². The minimum atomic E-state index is -1.30. The van der Waals surface area contributed by atoms with Crippen LogP contribution in [0.5, 0.6) is 11.5 Å². The maximum atomic E-state index is 15.6. The van der Waals surface area contributed by atoms with Crippen molar-refractivity contribution in [2.24, 2.45) is 11.8 Å². The summed E-state index contributed by atoms with van der Waals surface area (Å²) < 4.78 is 23.4. The lowest BCUT2D eigenvalue weighted by Gasteiger charge is -2.27. The molecule has 4 aromatic carbocycles. The molecule has 4 atom stereocenters. The zero-order valence-electron chi connectivity index (χ0n) is 51.6. The van der Waals surface area contributed by atoms with E-state index in [2.05, 4.69) is 140 Å². The second-order valence-corrected chi connectivity index (χ2v) is 26.1. The molecular formula is C74H88N4O6S2. The van der Waals surface area contributed by atoms with E-state index in [1.807, 2.05) is 23.5 Å². The summed E-state index contributed by atoms with van der Waals surface area (Å²) in [6.45, 7) is 16.4. The van der Waals surface area contributed by atoms with Gasteiger partial charge in [-0.25, -0.2) is 4.79 Å². The van der Waals surface area contributed by atoms with Gasteiger partial charge in [-0.2, -0.15) is 5.26 Å². The molecule has 0 bridgehead atoms. The Hall–Kier alpha value is -7.07. The van der Waals surface area contributed by atoms with Crippen LogP contribution in [0.1, 0.15) is 181 Å². The van der Waals surface area contributed by atoms with E-state index in [1.54, 1.807) is 29.7 Å². The SMILES string of the molecule is CCCCCCOc1ccc(-c2ccc(N3c4ccc(-c5ccc(-c6c7c(=O)n(CC(CC)CCCC)c(-c8ccc(-c9ccc(/C=C(\C#N)C(=O)O)o9)cc8)c-7sn6CC(CC)CCCC)s5)cc4C4CCCC43)cc2)c(OCCCCCC)c1. The Morgan fingerprint density at radius 2 is 1.36 bits per heavy atom. The molecule has 1 fully saturated rings. The number of benzene rings is 4. The number of carbonyl (C=O) groups is 1. The van der Waals surface area contributed by atoms with Crippen molar-refractivity contribution in [1.29, 1.82) is 5.26 Å². The number of hydrogen-bond donors (Lipinski definition) is 1. The van der Waals surface area contributed by atoms with Crippen molar-refractivity contribution in [2.75, 3.05) is 18.1 Å². The molecule has 10 rings (SSSR count). The monoisotopic (exact) mass is 1190 g/mol.